The Morgan fingerprint density at radius 2 is 1.81 bits per heavy atom. The first-order valence-corrected chi connectivity index (χ1v) is 13.5. The van der Waals surface area contributed by atoms with E-state index in [2.05, 4.69) is 46.8 Å². The molecule has 0 radical (unpaired) electrons. The molecule has 1 aliphatic rings. The molecule has 1 rings (SSSR count). The lowest BCUT2D eigenvalue weighted by molar-refractivity contribution is 0.0407. The monoisotopic (exact) mass is 454 g/mol. The van der Waals surface area contributed by atoms with Crippen LogP contribution in [0.2, 0.25) is 0 Å². The lowest BCUT2D eigenvalue weighted by Gasteiger charge is -2.35. The number of hydrogen-bond acceptors (Lipinski definition) is 3. The van der Waals surface area contributed by atoms with Crippen LogP contribution in [0, 0.1) is 17.8 Å². The van der Waals surface area contributed by atoms with Crippen LogP contribution in [0.3, 0.4) is 0 Å². The number of rotatable bonds is 13. The molecule has 0 spiro atoms. The maximum Gasteiger partial charge on any atom is 0.0752 e. The van der Waals surface area contributed by atoms with Crippen molar-refractivity contribution in [1.82, 2.24) is 0 Å². The molecule has 0 aliphatic heterocycles. The third-order valence-electron chi connectivity index (χ3n) is 7.07. The number of aliphatic hydroxyl groups is 2. The number of thiol groups is 1. The van der Waals surface area contributed by atoms with Gasteiger partial charge in [-0.05, 0) is 76.5 Å². The highest BCUT2D eigenvalue weighted by atomic mass is 32.1. The second-order valence-corrected chi connectivity index (χ2v) is 10.7. The zero-order chi connectivity index (χ0) is 24.0. The molecule has 0 aromatic heterocycles. The minimum Gasteiger partial charge on any atom is -0.390 e. The summed E-state index contributed by atoms with van der Waals surface area (Å²) in [5, 5.41) is 20.9. The van der Waals surface area contributed by atoms with Crippen molar-refractivity contribution in [1.29, 1.82) is 0 Å². The Kier molecular flexibility index (Phi) is 16.2. The molecule has 0 saturated carbocycles. The quantitative estimate of drug-likeness (QED) is 0.194. The highest BCUT2D eigenvalue weighted by Gasteiger charge is 2.31. The van der Waals surface area contributed by atoms with Crippen LogP contribution in [0.5, 0.6) is 0 Å². The topological polar surface area (TPSA) is 40.5 Å². The second kappa shape index (κ2) is 16.4. The Labute approximate surface area is 200 Å². The van der Waals surface area contributed by atoms with Gasteiger partial charge < -0.3 is 10.2 Å². The van der Waals surface area contributed by atoms with Crippen molar-refractivity contribution in [2.24, 2.45) is 17.8 Å². The molecule has 6 atom stereocenters. The average Bonchev–Trinajstić information content (AvgIpc) is 2.73. The van der Waals surface area contributed by atoms with Crippen molar-refractivity contribution >= 4 is 12.6 Å². The fourth-order valence-electron chi connectivity index (χ4n) is 4.34. The fraction of sp³-hybridized carbons (Fsp3) is 0.857. The van der Waals surface area contributed by atoms with Gasteiger partial charge in [0.05, 0.1) is 11.7 Å². The molecule has 6 unspecified atom stereocenters. The van der Waals surface area contributed by atoms with Crippen LogP contribution >= 0.6 is 12.6 Å². The van der Waals surface area contributed by atoms with E-state index in [1.807, 2.05) is 20.8 Å². The third kappa shape index (κ3) is 12.5. The lowest BCUT2D eigenvalue weighted by Crippen LogP contribution is -2.34. The fourth-order valence-corrected chi connectivity index (χ4v) is 4.82. The maximum absolute atomic E-state index is 10.4. The van der Waals surface area contributed by atoms with Gasteiger partial charge in [0, 0.05) is 5.25 Å². The first-order chi connectivity index (χ1) is 14.6. The van der Waals surface area contributed by atoms with Gasteiger partial charge in [-0.3, -0.25) is 0 Å². The van der Waals surface area contributed by atoms with Crippen molar-refractivity contribution in [2.45, 2.75) is 137 Å². The summed E-state index contributed by atoms with van der Waals surface area (Å²) < 4.78 is 0. The van der Waals surface area contributed by atoms with Crippen LogP contribution in [-0.2, 0) is 0 Å². The predicted molar refractivity (Wildman–Crippen MR) is 142 cm³/mol. The van der Waals surface area contributed by atoms with Crippen LogP contribution in [0.1, 0.15) is 120 Å². The molecule has 31 heavy (non-hydrogen) atoms. The number of unbranched alkanes of at least 4 members (excludes halogenated alkanes) is 1. The van der Waals surface area contributed by atoms with Crippen LogP contribution in [-0.4, -0.2) is 27.2 Å². The summed E-state index contributed by atoms with van der Waals surface area (Å²) in [5.41, 5.74) is 2.28. The number of allylic oxidation sites excluding steroid dienone is 2. The molecule has 2 nitrogen and oxygen atoms in total. The lowest BCUT2D eigenvalue weighted by atomic mass is 9.78. The highest BCUT2D eigenvalue weighted by Crippen LogP contribution is 2.36. The van der Waals surface area contributed by atoms with E-state index in [-0.39, 0.29) is 6.10 Å². The zero-order valence-electron chi connectivity index (χ0n) is 22.0. The van der Waals surface area contributed by atoms with E-state index >= 15 is 0 Å². The standard InChI is InChI=1S/C26H48O2S.C2H6/c1-7-8-16-26(6,28)17-10-13-19(2)11-9-12-20(3)14-15-23-18-24(27)21(4)22(5)25(23)29;1-2/h13,18,20-22,24-25,27-29H,7-12,14-17H2,1-6H3;1-2H3/b19-13+;. The Morgan fingerprint density at radius 3 is 2.42 bits per heavy atom. The van der Waals surface area contributed by atoms with E-state index in [0.29, 0.717) is 23.0 Å². The Hall–Kier alpha value is -0.250. The van der Waals surface area contributed by atoms with Gasteiger partial charge in [0.25, 0.3) is 0 Å². The number of hydrogen-bond donors (Lipinski definition) is 3. The first kappa shape index (κ1) is 30.8. The second-order valence-electron chi connectivity index (χ2n) is 10.1. The zero-order valence-corrected chi connectivity index (χ0v) is 22.8. The van der Waals surface area contributed by atoms with Crippen LogP contribution in [0.4, 0.5) is 0 Å². The van der Waals surface area contributed by atoms with E-state index in [1.165, 1.54) is 30.4 Å². The van der Waals surface area contributed by atoms with E-state index in [9.17, 15) is 10.2 Å². The van der Waals surface area contributed by atoms with Crippen molar-refractivity contribution in [3.05, 3.63) is 23.3 Å². The minimum absolute atomic E-state index is 0.292. The molecule has 1 aliphatic carbocycles. The van der Waals surface area contributed by atoms with E-state index in [4.69, 9.17) is 12.6 Å². The molecule has 0 amide bonds. The van der Waals surface area contributed by atoms with Gasteiger partial charge in [-0.1, -0.05) is 84.1 Å². The van der Waals surface area contributed by atoms with Crippen molar-refractivity contribution in [2.75, 3.05) is 0 Å². The molecular weight excluding hydrogens is 400 g/mol. The van der Waals surface area contributed by atoms with Crippen molar-refractivity contribution < 1.29 is 10.2 Å². The molecule has 0 aromatic carbocycles. The highest BCUT2D eigenvalue weighted by molar-refractivity contribution is 7.81. The molecule has 3 heteroatoms. The molecule has 2 N–H and O–H groups in total. The summed E-state index contributed by atoms with van der Waals surface area (Å²) in [6.07, 6.45) is 15.0. The molecule has 0 aromatic rings. The van der Waals surface area contributed by atoms with Crippen LogP contribution in [0.25, 0.3) is 0 Å². The summed E-state index contributed by atoms with van der Waals surface area (Å²) in [6.45, 7) is 17.1. The summed E-state index contributed by atoms with van der Waals surface area (Å²) in [6, 6.07) is 0. The third-order valence-corrected chi connectivity index (χ3v) is 7.87. The van der Waals surface area contributed by atoms with Crippen molar-refractivity contribution in [3.8, 4) is 0 Å². The molecule has 0 heterocycles. The summed E-state index contributed by atoms with van der Waals surface area (Å²) in [5.74, 6) is 1.42. The Balaban J connectivity index is 0.00000436. The summed E-state index contributed by atoms with van der Waals surface area (Å²) >= 11 is 4.82. The molecule has 184 valence electrons. The van der Waals surface area contributed by atoms with Gasteiger partial charge in [0.1, 0.15) is 0 Å². The predicted octanol–water partition coefficient (Wildman–Crippen LogP) is 8.14. The first-order valence-electron chi connectivity index (χ1n) is 13.0. The molecular formula is C28H54O2S. The van der Waals surface area contributed by atoms with Gasteiger partial charge in [0.15, 0.2) is 0 Å². The van der Waals surface area contributed by atoms with E-state index in [0.717, 1.165) is 44.9 Å². The van der Waals surface area contributed by atoms with E-state index in [1.54, 1.807) is 0 Å². The smallest absolute Gasteiger partial charge is 0.0752 e. The van der Waals surface area contributed by atoms with Gasteiger partial charge >= 0.3 is 0 Å². The normalized spacial score (nSPS) is 27.1. The average molecular weight is 455 g/mol. The largest absolute Gasteiger partial charge is 0.390 e. The van der Waals surface area contributed by atoms with Gasteiger partial charge in [-0.2, -0.15) is 12.6 Å². The molecule has 0 bridgehead atoms. The number of aliphatic hydroxyl groups excluding tert-OH is 1. The van der Waals surface area contributed by atoms with Gasteiger partial charge in [-0.15, -0.1) is 0 Å². The van der Waals surface area contributed by atoms with Crippen LogP contribution < -0.4 is 0 Å². The molecule has 0 fully saturated rings. The maximum atomic E-state index is 10.4. The Morgan fingerprint density at radius 1 is 1.16 bits per heavy atom. The van der Waals surface area contributed by atoms with Gasteiger partial charge in [0.2, 0.25) is 0 Å². The molecule has 0 saturated heterocycles. The van der Waals surface area contributed by atoms with Crippen LogP contribution in [0.15, 0.2) is 23.3 Å². The minimum atomic E-state index is -0.511. The van der Waals surface area contributed by atoms with Gasteiger partial charge in [-0.25, -0.2) is 0 Å². The van der Waals surface area contributed by atoms with E-state index < -0.39 is 5.60 Å². The Bertz CT molecular complexity index is 523. The SMILES string of the molecule is CC.CCCCC(C)(O)CC/C=C(\C)CCCC(C)CCC1=CC(O)C(C)C(C)C1S. The summed E-state index contributed by atoms with van der Waals surface area (Å²) in [4.78, 5) is 0. The van der Waals surface area contributed by atoms with Crippen molar-refractivity contribution in [3.63, 3.8) is 0 Å². The summed E-state index contributed by atoms with van der Waals surface area (Å²) in [7, 11) is 0.